The van der Waals surface area contributed by atoms with Crippen LogP contribution >= 0.6 is 0 Å². The molecule has 1 saturated heterocycles. The maximum Gasteiger partial charge on any atom is 0.254 e. The van der Waals surface area contributed by atoms with Crippen molar-refractivity contribution in [2.75, 3.05) is 20.3 Å². The third kappa shape index (κ3) is 4.42. The molecule has 0 saturated carbocycles. The molecule has 8 heteroatoms. The van der Waals surface area contributed by atoms with Gasteiger partial charge in [-0.3, -0.25) is 4.79 Å². The Morgan fingerprint density at radius 3 is 2.63 bits per heavy atom. The number of carbonyl (C=O) groups excluding carboxylic acids is 1. The van der Waals surface area contributed by atoms with Gasteiger partial charge >= 0.3 is 0 Å². The van der Waals surface area contributed by atoms with Crippen molar-refractivity contribution in [3.05, 3.63) is 71.6 Å². The molecule has 2 heterocycles. The quantitative estimate of drug-likeness (QED) is 0.588. The number of amides is 1. The van der Waals surface area contributed by atoms with Crippen LogP contribution in [0.3, 0.4) is 0 Å². The summed E-state index contributed by atoms with van der Waals surface area (Å²) >= 11 is 0. The summed E-state index contributed by atoms with van der Waals surface area (Å²) in [4.78, 5) is 19.2. The molecule has 0 spiro atoms. The highest BCUT2D eigenvalue weighted by atomic mass is 19.1. The summed E-state index contributed by atoms with van der Waals surface area (Å²) in [5.41, 5.74) is 0.593. The van der Waals surface area contributed by atoms with Crippen molar-refractivity contribution < 1.29 is 23.2 Å². The molecule has 156 valence electrons. The molecule has 4 rings (SSSR count). The highest BCUT2D eigenvalue weighted by Crippen LogP contribution is 2.32. The summed E-state index contributed by atoms with van der Waals surface area (Å²) in [6, 6.07) is 12.6. The van der Waals surface area contributed by atoms with E-state index >= 15 is 0 Å². The fraction of sp³-hybridized carbons (Fsp3) is 0.318. The Morgan fingerprint density at radius 1 is 1.17 bits per heavy atom. The first kappa shape index (κ1) is 19.9. The first-order valence-electron chi connectivity index (χ1n) is 9.80. The lowest BCUT2D eigenvalue weighted by Gasteiger charge is -2.22. The summed E-state index contributed by atoms with van der Waals surface area (Å²) in [5, 5.41) is 4.01. The van der Waals surface area contributed by atoms with Crippen LogP contribution in [0.1, 0.15) is 41.0 Å². The average Bonchev–Trinajstić information content (AvgIpc) is 3.44. The number of likely N-dealkylation sites (tertiary alicyclic amines) is 1. The molecule has 3 aromatic rings. The molecule has 1 amide bonds. The van der Waals surface area contributed by atoms with E-state index in [2.05, 4.69) is 10.1 Å². The van der Waals surface area contributed by atoms with Crippen LogP contribution in [-0.2, 0) is 6.42 Å². The summed E-state index contributed by atoms with van der Waals surface area (Å²) in [6.07, 6.45) is 2.09. The van der Waals surface area contributed by atoms with Gasteiger partial charge in [-0.2, -0.15) is 4.98 Å². The zero-order valence-electron chi connectivity index (χ0n) is 16.6. The summed E-state index contributed by atoms with van der Waals surface area (Å²) in [7, 11) is 1.59. The Kier molecular flexibility index (Phi) is 5.92. The Morgan fingerprint density at radius 2 is 1.90 bits per heavy atom. The van der Waals surface area contributed by atoms with Crippen LogP contribution in [0.25, 0.3) is 0 Å². The number of hydrogen-bond acceptors (Lipinski definition) is 6. The van der Waals surface area contributed by atoms with Crippen LogP contribution < -0.4 is 9.47 Å². The van der Waals surface area contributed by atoms with Gasteiger partial charge in [-0.25, -0.2) is 4.39 Å². The number of benzene rings is 2. The fourth-order valence-corrected chi connectivity index (χ4v) is 3.46. The number of halogens is 1. The molecule has 1 fully saturated rings. The lowest BCUT2D eigenvalue weighted by atomic mass is 10.1. The average molecular weight is 411 g/mol. The van der Waals surface area contributed by atoms with Gasteiger partial charge in [0.2, 0.25) is 5.89 Å². The molecule has 2 aromatic carbocycles. The predicted molar refractivity (Wildman–Crippen MR) is 106 cm³/mol. The molecule has 7 nitrogen and oxygen atoms in total. The van der Waals surface area contributed by atoms with Crippen molar-refractivity contribution in [3.8, 4) is 11.5 Å². The van der Waals surface area contributed by atoms with E-state index in [0.29, 0.717) is 48.4 Å². The largest absolute Gasteiger partial charge is 0.497 e. The van der Waals surface area contributed by atoms with Gasteiger partial charge in [0, 0.05) is 18.5 Å². The molecule has 0 N–H and O–H groups in total. The van der Waals surface area contributed by atoms with Gasteiger partial charge in [-0.05, 0) is 61.4 Å². The maximum atomic E-state index is 12.9. The van der Waals surface area contributed by atoms with E-state index in [9.17, 15) is 9.18 Å². The number of nitrogens with zero attached hydrogens (tertiary/aromatic N) is 3. The number of methoxy groups -OCH3 is 1. The SMILES string of the molecule is COc1ccc(C(=O)N2CCCC2c2nc(CCOc3ccc(F)cc3)no2)cc1. The molecular formula is C22H22FN3O4. The second-order valence-electron chi connectivity index (χ2n) is 6.99. The van der Waals surface area contributed by atoms with E-state index < -0.39 is 0 Å². The van der Waals surface area contributed by atoms with Crippen LogP contribution in [0.15, 0.2) is 53.1 Å². The van der Waals surface area contributed by atoms with Gasteiger partial charge in [0.15, 0.2) is 5.82 Å². The first-order valence-corrected chi connectivity index (χ1v) is 9.80. The van der Waals surface area contributed by atoms with E-state index in [1.807, 2.05) is 0 Å². The molecule has 1 aliphatic heterocycles. The minimum Gasteiger partial charge on any atom is -0.497 e. The first-order chi connectivity index (χ1) is 14.6. The molecule has 0 aliphatic carbocycles. The molecular weight excluding hydrogens is 389 g/mol. The Bertz CT molecular complexity index is 988. The van der Waals surface area contributed by atoms with Crippen molar-refractivity contribution in [3.63, 3.8) is 0 Å². The molecule has 30 heavy (non-hydrogen) atoms. The van der Waals surface area contributed by atoms with Crippen molar-refractivity contribution >= 4 is 5.91 Å². The van der Waals surface area contributed by atoms with Gasteiger partial charge < -0.3 is 18.9 Å². The van der Waals surface area contributed by atoms with Crippen LogP contribution in [0.5, 0.6) is 11.5 Å². The zero-order chi connectivity index (χ0) is 20.9. The maximum absolute atomic E-state index is 12.9. The van der Waals surface area contributed by atoms with Crippen molar-refractivity contribution in [2.45, 2.75) is 25.3 Å². The lowest BCUT2D eigenvalue weighted by Crippen LogP contribution is -2.30. The highest BCUT2D eigenvalue weighted by Gasteiger charge is 2.34. The molecule has 1 aliphatic rings. The van der Waals surface area contributed by atoms with Gasteiger partial charge in [0.05, 0.1) is 13.7 Å². The van der Waals surface area contributed by atoms with Crippen molar-refractivity contribution in [2.24, 2.45) is 0 Å². The summed E-state index contributed by atoms with van der Waals surface area (Å²) < 4.78 is 29.1. The third-order valence-electron chi connectivity index (χ3n) is 5.03. The fourth-order valence-electron chi connectivity index (χ4n) is 3.46. The number of rotatable bonds is 7. The Labute approximate surface area is 173 Å². The molecule has 1 aromatic heterocycles. The topological polar surface area (TPSA) is 77.7 Å². The molecule has 0 bridgehead atoms. The third-order valence-corrected chi connectivity index (χ3v) is 5.03. The minimum atomic E-state index is -0.310. The van der Waals surface area contributed by atoms with Gasteiger partial charge in [-0.15, -0.1) is 0 Å². The lowest BCUT2D eigenvalue weighted by molar-refractivity contribution is 0.0710. The van der Waals surface area contributed by atoms with Gasteiger partial charge in [0.25, 0.3) is 5.91 Å². The Hall–Kier alpha value is -3.42. The van der Waals surface area contributed by atoms with Crippen LogP contribution in [0.4, 0.5) is 4.39 Å². The number of ether oxygens (including phenoxy) is 2. The molecule has 1 unspecified atom stereocenters. The second kappa shape index (κ2) is 8.94. The number of hydrogen-bond donors (Lipinski definition) is 0. The van der Waals surface area contributed by atoms with Crippen LogP contribution in [0, 0.1) is 5.82 Å². The minimum absolute atomic E-state index is 0.0699. The smallest absolute Gasteiger partial charge is 0.254 e. The van der Waals surface area contributed by atoms with E-state index in [1.165, 1.54) is 12.1 Å². The van der Waals surface area contributed by atoms with Crippen LogP contribution in [0.2, 0.25) is 0 Å². The Balaban J connectivity index is 1.37. The normalized spacial score (nSPS) is 15.9. The highest BCUT2D eigenvalue weighted by molar-refractivity contribution is 5.94. The standard InChI is InChI=1S/C22H22FN3O4/c1-28-17-8-4-15(5-9-17)22(27)26-13-2-3-19(26)21-24-20(25-30-21)12-14-29-18-10-6-16(23)7-11-18/h4-11,19H,2-3,12-14H2,1H3. The van der Waals surface area contributed by atoms with Crippen LogP contribution in [-0.4, -0.2) is 41.2 Å². The number of carbonyl (C=O) groups is 1. The second-order valence-corrected chi connectivity index (χ2v) is 6.99. The van der Waals surface area contributed by atoms with E-state index in [-0.39, 0.29) is 17.8 Å². The van der Waals surface area contributed by atoms with E-state index in [1.54, 1.807) is 48.4 Å². The summed E-state index contributed by atoms with van der Waals surface area (Å²) in [6.45, 7) is 0.977. The predicted octanol–water partition coefficient (Wildman–Crippen LogP) is 3.82. The van der Waals surface area contributed by atoms with Crippen molar-refractivity contribution in [1.82, 2.24) is 15.0 Å². The van der Waals surface area contributed by atoms with Gasteiger partial charge in [-0.1, -0.05) is 5.16 Å². The number of aromatic nitrogens is 2. The van der Waals surface area contributed by atoms with E-state index in [0.717, 1.165) is 12.8 Å². The molecule has 0 radical (unpaired) electrons. The monoisotopic (exact) mass is 411 g/mol. The summed E-state index contributed by atoms with van der Waals surface area (Å²) in [5.74, 6) is 1.85. The molecule has 1 atom stereocenters. The van der Waals surface area contributed by atoms with E-state index in [4.69, 9.17) is 14.0 Å². The van der Waals surface area contributed by atoms with Crippen molar-refractivity contribution in [1.29, 1.82) is 0 Å². The zero-order valence-corrected chi connectivity index (χ0v) is 16.6. The van der Waals surface area contributed by atoms with Gasteiger partial charge in [0.1, 0.15) is 23.4 Å².